The molecule has 8 nitrogen and oxygen atoms in total. The molecule has 9 heteroatoms. The molecule has 2 N–H and O–H groups in total. The van der Waals surface area contributed by atoms with Gasteiger partial charge in [-0.05, 0) is 55.5 Å². The second-order valence-electron chi connectivity index (χ2n) is 8.07. The third-order valence-electron chi connectivity index (χ3n) is 5.91. The Bertz CT molecular complexity index is 1140. The number of carbonyl (C=O) groups excluding carboxylic acids is 2. The molecule has 2 amide bonds. The van der Waals surface area contributed by atoms with Gasteiger partial charge < -0.3 is 20.3 Å². The molecule has 1 aliphatic carbocycles. The zero-order chi connectivity index (χ0) is 22.6. The van der Waals surface area contributed by atoms with Crippen molar-refractivity contribution >= 4 is 39.7 Å². The number of rotatable bonds is 5. The van der Waals surface area contributed by atoms with Gasteiger partial charge in [0.2, 0.25) is 0 Å². The van der Waals surface area contributed by atoms with Gasteiger partial charge in [0, 0.05) is 30.4 Å². The summed E-state index contributed by atoms with van der Waals surface area (Å²) in [6, 6.07) is 7.20. The van der Waals surface area contributed by atoms with Crippen LogP contribution in [0.2, 0.25) is 0 Å². The monoisotopic (exact) mass is 463 g/mol. The summed E-state index contributed by atoms with van der Waals surface area (Å²) >= 11 is 1.49. The van der Waals surface area contributed by atoms with Crippen LogP contribution >= 0.6 is 11.3 Å². The standard InChI is InChI=1S/C24H25N5O3S/c30-22(16-4-3-9-25-14-16)28-24-21(18-5-1-2-6-19(18)33-24)23(31)27-20-8-7-17(15-26-20)29-10-12-32-13-11-29/h3-4,7-9,14-15H,1-2,5-6,10-13H2,(H,28,30)(H,26,27,31). The van der Waals surface area contributed by atoms with Gasteiger partial charge in [-0.3, -0.25) is 14.6 Å². The molecule has 0 bridgehead atoms. The molecule has 0 atom stereocenters. The van der Waals surface area contributed by atoms with Crippen molar-refractivity contribution in [2.45, 2.75) is 25.7 Å². The average Bonchev–Trinajstić information content (AvgIpc) is 3.23. The number of amides is 2. The Morgan fingerprint density at radius 3 is 2.61 bits per heavy atom. The minimum atomic E-state index is -0.274. The maximum absolute atomic E-state index is 13.3. The number of ether oxygens (including phenoxy) is 1. The van der Waals surface area contributed by atoms with Crippen LogP contribution in [0.1, 0.15) is 44.0 Å². The summed E-state index contributed by atoms with van der Waals surface area (Å²) in [5, 5.41) is 6.45. The lowest BCUT2D eigenvalue weighted by Crippen LogP contribution is -2.36. The number of anilines is 3. The summed E-state index contributed by atoms with van der Waals surface area (Å²) in [6.07, 6.45) is 8.80. The van der Waals surface area contributed by atoms with E-state index in [1.54, 1.807) is 24.5 Å². The van der Waals surface area contributed by atoms with Gasteiger partial charge in [-0.25, -0.2) is 4.98 Å². The first-order valence-corrected chi connectivity index (χ1v) is 12.0. The highest BCUT2D eigenvalue weighted by molar-refractivity contribution is 7.17. The highest BCUT2D eigenvalue weighted by Gasteiger charge is 2.27. The second kappa shape index (κ2) is 9.68. The van der Waals surface area contributed by atoms with E-state index in [0.717, 1.165) is 50.0 Å². The lowest BCUT2D eigenvalue weighted by molar-refractivity contribution is 0.102. The first-order valence-electron chi connectivity index (χ1n) is 11.1. The van der Waals surface area contributed by atoms with Crippen LogP contribution in [0, 0.1) is 0 Å². The minimum absolute atomic E-state index is 0.248. The molecule has 1 aliphatic heterocycles. The molecular weight excluding hydrogens is 438 g/mol. The van der Waals surface area contributed by atoms with Crippen molar-refractivity contribution in [1.82, 2.24) is 9.97 Å². The van der Waals surface area contributed by atoms with Crippen molar-refractivity contribution in [3.8, 4) is 0 Å². The van der Waals surface area contributed by atoms with E-state index in [1.165, 1.54) is 22.4 Å². The van der Waals surface area contributed by atoms with Gasteiger partial charge in [0.25, 0.3) is 11.8 Å². The molecule has 0 saturated carbocycles. The summed E-state index contributed by atoms with van der Waals surface area (Å²) in [6.45, 7) is 3.06. The first kappa shape index (κ1) is 21.5. The number of fused-ring (bicyclic) bond motifs is 1. The fraction of sp³-hybridized carbons (Fsp3) is 0.333. The van der Waals surface area contributed by atoms with Crippen LogP contribution in [0.4, 0.5) is 16.5 Å². The molecule has 5 rings (SSSR count). The van der Waals surface area contributed by atoms with Gasteiger partial charge in [0.15, 0.2) is 0 Å². The Morgan fingerprint density at radius 2 is 1.85 bits per heavy atom. The Labute approximate surface area is 196 Å². The number of nitrogens with zero attached hydrogens (tertiary/aromatic N) is 3. The van der Waals surface area contributed by atoms with E-state index < -0.39 is 0 Å². The molecule has 170 valence electrons. The van der Waals surface area contributed by atoms with Gasteiger partial charge in [-0.2, -0.15) is 0 Å². The van der Waals surface area contributed by atoms with Crippen molar-refractivity contribution in [2.24, 2.45) is 0 Å². The third kappa shape index (κ3) is 4.74. The minimum Gasteiger partial charge on any atom is -0.378 e. The van der Waals surface area contributed by atoms with Gasteiger partial charge in [0.05, 0.1) is 36.2 Å². The molecule has 1 fully saturated rings. The number of hydrogen-bond acceptors (Lipinski definition) is 7. The fourth-order valence-electron chi connectivity index (χ4n) is 4.21. The van der Waals surface area contributed by atoms with Crippen molar-refractivity contribution < 1.29 is 14.3 Å². The fourth-order valence-corrected chi connectivity index (χ4v) is 5.50. The molecule has 33 heavy (non-hydrogen) atoms. The number of aryl methyl sites for hydroxylation is 1. The van der Waals surface area contributed by atoms with E-state index in [0.29, 0.717) is 35.2 Å². The predicted molar refractivity (Wildman–Crippen MR) is 128 cm³/mol. The quantitative estimate of drug-likeness (QED) is 0.598. The second-order valence-corrected chi connectivity index (χ2v) is 9.17. The highest BCUT2D eigenvalue weighted by atomic mass is 32.1. The Morgan fingerprint density at radius 1 is 1.00 bits per heavy atom. The molecule has 2 aliphatic rings. The normalized spacial score (nSPS) is 15.6. The van der Waals surface area contributed by atoms with E-state index in [9.17, 15) is 9.59 Å². The molecule has 0 radical (unpaired) electrons. The molecule has 4 heterocycles. The van der Waals surface area contributed by atoms with Gasteiger partial charge in [-0.1, -0.05) is 0 Å². The van der Waals surface area contributed by atoms with Crippen LogP contribution in [0.25, 0.3) is 0 Å². The molecule has 0 spiro atoms. The summed E-state index contributed by atoms with van der Waals surface area (Å²) in [5.41, 5.74) is 3.05. The van der Waals surface area contributed by atoms with E-state index in [2.05, 4.69) is 25.5 Å². The molecule has 3 aromatic heterocycles. The molecule has 0 unspecified atom stereocenters. The number of nitrogens with one attached hydrogen (secondary N) is 2. The smallest absolute Gasteiger partial charge is 0.260 e. The third-order valence-corrected chi connectivity index (χ3v) is 7.12. The number of pyridine rings is 2. The first-order chi connectivity index (χ1) is 16.2. The van der Waals surface area contributed by atoms with Crippen LogP contribution < -0.4 is 15.5 Å². The predicted octanol–water partition coefficient (Wildman–Crippen LogP) is 3.76. The van der Waals surface area contributed by atoms with E-state index in [1.807, 2.05) is 12.1 Å². The number of morpholine rings is 1. The summed E-state index contributed by atoms with van der Waals surface area (Å²) in [5.74, 6) is -0.0384. The summed E-state index contributed by atoms with van der Waals surface area (Å²) in [4.78, 5) is 37.9. The number of thiophene rings is 1. The molecule has 3 aromatic rings. The van der Waals surface area contributed by atoms with Crippen LogP contribution in [0.5, 0.6) is 0 Å². The van der Waals surface area contributed by atoms with E-state index >= 15 is 0 Å². The summed E-state index contributed by atoms with van der Waals surface area (Å²) < 4.78 is 5.40. The van der Waals surface area contributed by atoms with Crippen LogP contribution in [-0.2, 0) is 17.6 Å². The zero-order valence-corrected chi connectivity index (χ0v) is 19.0. The Kier molecular flexibility index (Phi) is 6.32. The average molecular weight is 464 g/mol. The number of carbonyl (C=O) groups is 2. The lowest BCUT2D eigenvalue weighted by atomic mass is 9.95. The van der Waals surface area contributed by atoms with E-state index in [-0.39, 0.29) is 11.8 Å². The topological polar surface area (TPSA) is 96.5 Å². The Hall–Kier alpha value is -3.30. The number of aromatic nitrogens is 2. The SMILES string of the molecule is O=C(Nc1sc2c(c1C(=O)Nc1ccc(N3CCOCC3)cn1)CCCC2)c1cccnc1. The Balaban J connectivity index is 1.36. The van der Waals surface area contributed by atoms with Gasteiger partial charge in [-0.15, -0.1) is 11.3 Å². The molecule has 0 aromatic carbocycles. The van der Waals surface area contributed by atoms with E-state index in [4.69, 9.17) is 4.74 Å². The van der Waals surface area contributed by atoms with Gasteiger partial charge >= 0.3 is 0 Å². The maximum atomic E-state index is 13.3. The van der Waals surface area contributed by atoms with Crippen molar-refractivity contribution in [1.29, 1.82) is 0 Å². The molecular formula is C24H25N5O3S. The largest absolute Gasteiger partial charge is 0.378 e. The maximum Gasteiger partial charge on any atom is 0.260 e. The van der Waals surface area contributed by atoms with Gasteiger partial charge in [0.1, 0.15) is 10.8 Å². The lowest BCUT2D eigenvalue weighted by Gasteiger charge is -2.28. The highest BCUT2D eigenvalue weighted by Crippen LogP contribution is 2.38. The van der Waals surface area contributed by atoms with Crippen molar-refractivity contribution in [3.05, 3.63) is 64.4 Å². The van der Waals surface area contributed by atoms with Crippen molar-refractivity contribution in [2.75, 3.05) is 41.8 Å². The summed E-state index contributed by atoms with van der Waals surface area (Å²) in [7, 11) is 0. The van der Waals surface area contributed by atoms with Crippen LogP contribution in [-0.4, -0.2) is 48.1 Å². The number of hydrogen-bond donors (Lipinski definition) is 2. The zero-order valence-electron chi connectivity index (χ0n) is 18.2. The molecule has 1 saturated heterocycles. The van der Waals surface area contributed by atoms with Crippen molar-refractivity contribution in [3.63, 3.8) is 0 Å². The van der Waals surface area contributed by atoms with Crippen LogP contribution in [0.15, 0.2) is 42.9 Å². The van der Waals surface area contributed by atoms with Crippen LogP contribution in [0.3, 0.4) is 0 Å².